The lowest BCUT2D eigenvalue weighted by molar-refractivity contribution is 0.121. The first-order chi connectivity index (χ1) is 12.7. The molecule has 0 amide bonds. The lowest BCUT2D eigenvalue weighted by atomic mass is 10.1. The van der Waals surface area contributed by atoms with Crippen LogP contribution in [-0.4, -0.2) is 30.6 Å². The van der Waals surface area contributed by atoms with Crippen LogP contribution >= 0.6 is 11.3 Å². The summed E-state index contributed by atoms with van der Waals surface area (Å²) in [5, 5.41) is 9.93. The molecule has 0 radical (unpaired) electrons. The normalized spacial score (nSPS) is 11.6. The van der Waals surface area contributed by atoms with Crippen molar-refractivity contribution >= 4 is 17.3 Å². The fourth-order valence-electron chi connectivity index (χ4n) is 2.52. The van der Waals surface area contributed by atoms with Crippen molar-refractivity contribution < 1.29 is 4.74 Å². The average Bonchev–Trinajstić information content (AvgIpc) is 3.06. The van der Waals surface area contributed by atoms with Gasteiger partial charge in [-0.25, -0.2) is 9.98 Å². The first-order valence-corrected chi connectivity index (χ1v) is 10.2. The summed E-state index contributed by atoms with van der Waals surface area (Å²) in [6.45, 7) is 9.96. The number of aryl methyl sites for hydroxylation is 1. The highest BCUT2D eigenvalue weighted by molar-refractivity contribution is 7.09. The smallest absolute Gasteiger partial charge is 0.191 e. The molecule has 0 saturated heterocycles. The fourth-order valence-corrected chi connectivity index (χ4v) is 3.16. The van der Waals surface area contributed by atoms with Crippen molar-refractivity contribution in [3.8, 4) is 0 Å². The molecule has 1 aromatic carbocycles. The van der Waals surface area contributed by atoms with E-state index in [0.717, 1.165) is 49.2 Å². The van der Waals surface area contributed by atoms with Crippen molar-refractivity contribution in [1.82, 2.24) is 15.6 Å². The molecule has 0 fully saturated rings. The van der Waals surface area contributed by atoms with Gasteiger partial charge in [0.05, 0.1) is 23.9 Å². The summed E-state index contributed by atoms with van der Waals surface area (Å²) in [6.07, 6.45) is 1.93. The van der Waals surface area contributed by atoms with Crippen molar-refractivity contribution in [2.75, 3.05) is 19.7 Å². The SMILES string of the molecule is CCCOCc1ccccc1CN=C(NCC)NCCc1csc(C)n1. The van der Waals surface area contributed by atoms with Gasteiger partial charge in [0.1, 0.15) is 0 Å². The van der Waals surface area contributed by atoms with Gasteiger partial charge >= 0.3 is 0 Å². The number of thiazole rings is 1. The van der Waals surface area contributed by atoms with Crippen LogP contribution in [0.4, 0.5) is 0 Å². The number of hydrogen-bond acceptors (Lipinski definition) is 4. The van der Waals surface area contributed by atoms with Crippen molar-refractivity contribution in [2.24, 2.45) is 4.99 Å². The van der Waals surface area contributed by atoms with Gasteiger partial charge in [0.25, 0.3) is 0 Å². The summed E-state index contributed by atoms with van der Waals surface area (Å²) in [5.74, 6) is 0.837. The lowest BCUT2D eigenvalue weighted by Gasteiger charge is -2.12. The maximum absolute atomic E-state index is 5.69. The van der Waals surface area contributed by atoms with Crippen molar-refractivity contribution in [1.29, 1.82) is 0 Å². The Balaban J connectivity index is 1.91. The Labute approximate surface area is 160 Å². The molecule has 2 rings (SSSR count). The van der Waals surface area contributed by atoms with Gasteiger partial charge in [0.15, 0.2) is 5.96 Å². The van der Waals surface area contributed by atoms with Crippen LogP contribution in [0.3, 0.4) is 0 Å². The predicted octanol–water partition coefficient (Wildman–Crippen LogP) is 3.68. The third kappa shape index (κ3) is 7.14. The van der Waals surface area contributed by atoms with E-state index in [1.54, 1.807) is 11.3 Å². The second-order valence-electron chi connectivity index (χ2n) is 6.05. The quantitative estimate of drug-likeness (QED) is 0.378. The standard InChI is InChI=1S/C20H30N4OS/c1-4-12-25-14-18-9-7-6-8-17(18)13-23-20(21-5-2)22-11-10-19-15-26-16(3)24-19/h6-9,15H,4-5,10-14H2,1-3H3,(H2,21,22,23). The highest BCUT2D eigenvalue weighted by Gasteiger charge is 2.04. The van der Waals surface area contributed by atoms with Crippen molar-refractivity contribution in [3.05, 3.63) is 51.5 Å². The number of nitrogens with zero attached hydrogens (tertiary/aromatic N) is 2. The topological polar surface area (TPSA) is 58.5 Å². The van der Waals surface area contributed by atoms with Crippen LogP contribution < -0.4 is 10.6 Å². The molecule has 0 bridgehead atoms. The van der Waals surface area contributed by atoms with Crippen molar-refractivity contribution in [2.45, 2.75) is 46.8 Å². The first-order valence-electron chi connectivity index (χ1n) is 9.30. The van der Waals surface area contributed by atoms with Crippen molar-refractivity contribution in [3.63, 3.8) is 0 Å². The Morgan fingerprint density at radius 3 is 2.69 bits per heavy atom. The van der Waals surface area contributed by atoms with E-state index in [2.05, 4.69) is 59.1 Å². The van der Waals surface area contributed by atoms with E-state index in [-0.39, 0.29) is 0 Å². The molecule has 1 heterocycles. The first kappa shape index (κ1) is 20.4. The summed E-state index contributed by atoms with van der Waals surface area (Å²) >= 11 is 1.69. The minimum Gasteiger partial charge on any atom is -0.377 e. The Morgan fingerprint density at radius 2 is 2.00 bits per heavy atom. The van der Waals surface area contributed by atoms with E-state index in [0.29, 0.717) is 13.2 Å². The molecule has 26 heavy (non-hydrogen) atoms. The van der Waals surface area contributed by atoms with E-state index in [9.17, 15) is 0 Å². The van der Waals surface area contributed by atoms with Gasteiger partial charge in [-0.1, -0.05) is 31.2 Å². The summed E-state index contributed by atoms with van der Waals surface area (Å²) in [5.41, 5.74) is 3.55. The molecule has 1 aromatic heterocycles. The van der Waals surface area contributed by atoms with Gasteiger partial charge in [-0.3, -0.25) is 0 Å². The zero-order valence-corrected chi connectivity index (χ0v) is 16.9. The molecule has 0 aliphatic heterocycles. The number of ether oxygens (including phenoxy) is 1. The number of benzene rings is 1. The van der Waals surface area contributed by atoms with Crippen LogP contribution in [0, 0.1) is 6.92 Å². The maximum Gasteiger partial charge on any atom is 0.191 e. The molecule has 2 N–H and O–H groups in total. The van der Waals surface area contributed by atoms with Crippen LogP contribution in [0.15, 0.2) is 34.6 Å². The number of aromatic nitrogens is 1. The molecule has 5 nitrogen and oxygen atoms in total. The number of nitrogens with one attached hydrogen (secondary N) is 2. The van der Waals surface area contributed by atoms with E-state index in [4.69, 9.17) is 9.73 Å². The molecular weight excluding hydrogens is 344 g/mol. The molecule has 0 atom stereocenters. The average molecular weight is 375 g/mol. The van der Waals surface area contributed by atoms with E-state index >= 15 is 0 Å². The van der Waals surface area contributed by atoms with Gasteiger partial charge in [-0.15, -0.1) is 11.3 Å². The summed E-state index contributed by atoms with van der Waals surface area (Å²) in [6, 6.07) is 8.34. The molecule has 0 spiro atoms. The third-order valence-corrected chi connectivity index (χ3v) is 4.64. The van der Waals surface area contributed by atoms with Crippen LogP contribution in [-0.2, 0) is 24.3 Å². The predicted molar refractivity (Wildman–Crippen MR) is 110 cm³/mol. The van der Waals surface area contributed by atoms with Gasteiger partial charge < -0.3 is 15.4 Å². The van der Waals surface area contributed by atoms with Gasteiger partial charge in [-0.2, -0.15) is 0 Å². The summed E-state index contributed by atoms with van der Waals surface area (Å²) < 4.78 is 5.69. The zero-order chi connectivity index (χ0) is 18.6. The second kappa shape index (κ2) is 11.6. The molecule has 2 aromatic rings. The lowest BCUT2D eigenvalue weighted by Crippen LogP contribution is -2.38. The second-order valence-corrected chi connectivity index (χ2v) is 7.11. The highest BCUT2D eigenvalue weighted by Crippen LogP contribution is 2.12. The Morgan fingerprint density at radius 1 is 1.19 bits per heavy atom. The number of guanidine groups is 1. The molecule has 0 saturated carbocycles. The maximum atomic E-state index is 5.69. The van der Waals surface area contributed by atoms with Crippen LogP contribution in [0.5, 0.6) is 0 Å². The minimum atomic E-state index is 0.636. The largest absolute Gasteiger partial charge is 0.377 e. The number of aliphatic imine (C=N–C) groups is 1. The van der Waals surface area contributed by atoms with E-state index < -0.39 is 0 Å². The number of rotatable bonds is 10. The Hall–Kier alpha value is -1.92. The van der Waals surface area contributed by atoms with Crippen LogP contribution in [0.25, 0.3) is 0 Å². The molecular formula is C20H30N4OS. The van der Waals surface area contributed by atoms with Gasteiger partial charge in [0.2, 0.25) is 0 Å². The molecule has 0 unspecified atom stereocenters. The molecule has 6 heteroatoms. The van der Waals surface area contributed by atoms with E-state index in [1.165, 1.54) is 11.1 Å². The molecule has 142 valence electrons. The van der Waals surface area contributed by atoms with Crippen LogP contribution in [0.2, 0.25) is 0 Å². The van der Waals surface area contributed by atoms with Crippen LogP contribution in [0.1, 0.15) is 42.1 Å². The highest BCUT2D eigenvalue weighted by atomic mass is 32.1. The van der Waals surface area contributed by atoms with E-state index in [1.807, 2.05) is 6.92 Å². The molecule has 0 aliphatic carbocycles. The van der Waals surface area contributed by atoms with Gasteiger partial charge in [0, 0.05) is 31.5 Å². The number of hydrogen-bond donors (Lipinski definition) is 2. The third-order valence-electron chi connectivity index (χ3n) is 3.82. The monoisotopic (exact) mass is 374 g/mol. The van der Waals surface area contributed by atoms with Gasteiger partial charge in [-0.05, 0) is 31.4 Å². The minimum absolute atomic E-state index is 0.636. The Bertz CT molecular complexity index is 684. The Kier molecular flexibility index (Phi) is 9.14. The fraction of sp³-hybridized carbons (Fsp3) is 0.500. The zero-order valence-electron chi connectivity index (χ0n) is 16.0. The molecule has 0 aliphatic rings. The summed E-state index contributed by atoms with van der Waals surface area (Å²) in [7, 11) is 0. The summed E-state index contributed by atoms with van der Waals surface area (Å²) in [4.78, 5) is 9.23.